The minimum atomic E-state index is -0.336. The molecule has 21 heavy (non-hydrogen) atoms. The quantitative estimate of drug-likeness (QED) is 0.917. The molecule has 0 radical (unpaired) electrons. The molecule has 1 aromatic carbocycles. The fourth-order valence-corrected chi connectivity index (χ4v) is 2.86. The second kappa shape index (κ2) is 5.60. The van der Waals surface area contributed by atoms with Gasteiger partial charge in [0.1, 0.15) is 0 Å². The monoisotopic (exact) mass is 344 g/mol. The van der Waals surface area contributed by atoms with Crippen molar-refractivity contribution in [2.45, 2.75) is 31.2 Å². The summed E-state index contributed by atoms with van der Waals surface area (Å²) >= 11 is 3.43. The third kappa shape index (κ3) is 2.86. The molecular formula is C17H17BrN2O. The number of pyridine rings is 1. The van der Waals surface area contributed by atoms with Crippen molar-refractivity contribution in [2.75, 3.05) is 0 Å². The van der Waals surface area contributed by atoms with Crippen molar-refractivity contribution in [1.29, 1.82) is 0 Å². The van der Waals surface area contributed by atoms with Gasteiger partial charge in [-0.25, -0.2) is 0 Å². The Hall–Kier alpha value is -1.68. The van der Waals surface area contributed by atoms with E-state index in [4.69, 9.17) is 0 Å². The van der Waals surface area contributed by atoms with Crippen molar-refractivity contribution >= 4 is 21.8 Å². The van der Waals surface area contributed by atoms with E-state index < -0.39 is 0 Å². The fourth-order valence-electron chi connectivity index (χ4n) is 2.59. The second-order valence-electron chi connectivity index (χ2n) is 5.57. The molecule has 1 heterocycles. The van der Waals surface area contributed by atoms with Gasteiger partial charge in [-0.2, -0.15) is 0 Å². The van der Waals surface area contributed by atoms with E-state index in [2.05, 4.69) is 26.2 Å². The fraction of sp³-hybridized carbons (Fsp3) is 0.294. The van der Waals surface area contributed by atoms with E-state index in [-0.39, 0.29) is 17.4 Å². The number of carbonyl (C=O) groups excluding carboxylic acids is 1. The van der Waals surface area contributed by atoms with Crippen LogP contribution in [0.4, 0.5) is 0 Å². The molecule has 1 N–H and O–H groups in total. The van der Waals surface area contributed by atoms with E-state index in [0.717, 1.165) is 28.4 Å². The minimum Gasteiger partial charge on any atom is -0.349 e. The minimum absolute atomic E-state index is 0.0286. The van der Waals surface area contributed by atoms with Crippen molar-refractivity contribution < 1.29 is 4.79 Å². The molecule has 3 nitrogen and oxygen atoms in total. The number of halogens is 1. The Bertz CT molecular complexity index is 636. The standard InChI is InChI=1S/C17H17BrN2O/c1-12(13-3-2-10-19-11-13)20-16(21)17(8-9-17)14-4-6-15(18)7-5-14/h2-7,10-12H,8-9H2,1H3,(H,20,21). The molecule has 1 fully saturated rings. The van der Waals surface area contributed by atoms with Gasteiger partial charge in [-0.15, -0.1) is 0 Å². The summed E-state index contributed by atoms with van der Waals surface area (Å²) in [6, 6.07) is 11.9. The maximum atomic E-state index is 12.7. The molecule has 1 unspecified atom stereocenters. The zero-order valence-corrected chi connectivity index (χ0v) is 13.4. The molecular weight excluding hydrogens is 328 g/mol. The van der Waals surface area contributed by atoms with Crippen LogP contribution in [0.5, 0.6) is 0 Å². The van der Waals surface area contributed by atoms with Crippen LogP contribution in [0.1, 0.15) is 36.9 Å². The van der Waals surface area contributed by atoms with E-state index in [9.17, 15) is 4.79 Å². The molecule has 0 aliphatic heterocycles. The summed E-state index contributed by atoms with van der Waals surface area (Å²) in [5, 5.41) is 3.12. The first kappa shape index (κ1) is 14.3. The van der Waals surface area contributed by atoms with Gasteiger partial charge in [-0.1, -0.05) is 34.1 Å². The molecule has 1 aliphatic carbocycles. The van der Waals surface area contributed by atoms with Crippen molar-refractivity contribution in [3.63, 3.8) is 0 Å². The third-order valence-corrected chi connectivity index (χ3v) is 4.64. The topological polar surface area (TPSA) is 42.0 Å². The highest BCUT2D eigenvalue weighted by Crippen LogP contribution is 2.48. The van der Waals surface area contributed by atoms with Gasteiger partial charge in [0.25, 0.3) is 0 Å². The Labute approximate surface area is 132 Å². The Morgan fingerprint density at radius 2 is 2.00 bits per heavy atom. The van der Waals surface area contributed by atoms with E-state index in [1.807, 2.05) is 43.3 Å². The molecule has 0 bridgehead atoms. The van der Waals surface area contributed by atoms with Gasteiger partial charge < -0.3 is 5.32 Å². The number of nitrogens with one attached hydrogen (secondary N) is 1. The number of benzene rings is 1. The molecule has 1 atom stereocenters. The summed E-state index contributed by atoms with van der Waals surface area (Å²) in [5.74, 6) is 0.112. The van der Waals surface area contributed by atoms with E-state index in [0.29, 0.717) is 0 Å². The Morgan fingerprint density at radius 1 is 1.29 bits per heavy atom. The molecule has 0 spiro atoms. The summed E-state index contributed by atoms with van der Waals surface area (Å²) in [6.45, 7) is 1.99. The van der Waals surface area contributed by atoms with Crippen LogP contribution in [-0.2, 0) is 10.2 Å². The smallest absolute Gasteiger partial charge is 0.231 e. The average Bonchev–Trinajstić information content (AvgIpc) is 3.30. The lowest BCUT2D eigenvalue weighted by atomic mass is 9.94. The molecule has 3 rings (SSSR count). The van der Waals surface area contributed by atoms with Crippen LogP contribution >= 0.6 is 15.9 Å². The van der Waals surface area contributed by atoms with Gasteiger partial charge in [-0.3, -0.25) is 9.78 Å². The van der Waals surface area contributed by atoms with Crippen LogP contribution in [0.15, 0.2) is 53.3 Å². The van der Waals surface area contributed by atoms with Gasteiger partial charge in [0.05, 0.1) is 11.5 Å². The van der Waals surface area contributed by atoms with Gasteiger partial charge in [0.2, 0.25) is 5.91 Å². The number of hydrogen-bond donors (Lipinski definition) is 1. The number of nitrogens with zero attached hydrogens (tertiary/aromatic N) is 1. The van der Waals surface area contributed by atoms with Crippen LogP contribution in [0.2, 0.25) is 0 Å². The van der Waals surface area contributed by atoms with Crippen LogP contribution in [0, 0.1) is 0 Å². The van der Waals surface area contributed by atoms with Crippen LogP contribution < -0.4 is 5.32 Å². The van der Waals surface area contributed by atoms with Crippen LogP contribution in [0.3, 0.4) is 0 Å². The molecule has 1 saturated carbocycles. The van der Waals surface area contributed by atoms with Crippen molar-refractivity contribution in [3.8, 4) is 0 Å². The predicted molar refractivity (Wildman–Crippen MR) is 85.8 cm³/mol. The van der Waals surface area contributed by atoms with Gasteiger partial charge in [0.15, 0.2) is 0 Å². The number of amides is 1. The maximum Gasteiger partial charge on any atom is 0.231 e. The molecule has 108 valence electrons. The summed E-state index contributed by atoms with van der Waals surface area (Å²) in [5.41, 5.74) is 1.79. The van der Waals surface area contributed by atoms with Crippen LogP contribution in [0.25, 0.3) is 0 Å². The van der Waals surface area contributed by atoms with Gasteiger partial charge >= 0.3 is 0 Å². The largest absolute Gasteiger partial charge is 0.349 e. The first-order valence-electron chi connectivity index (χ1n) is 7.09. The summed E-state index contributed by atoms with van der Waals surface area (Å²) in [6.07, 6.45) is 5.37. The average molecular weight is 345 g/mol. The second-order valence-corrected chi connectivity index (χ2v) is 6.49. The first-order valence-corrected chi connectivity index (χ1v) is 7.88. The Morgan fingerprint density at radius 3 is 2.57 bits per heavy atom. The lowest BCUT2D eigenvalue weighted by Gasteiger charge is -2.20. The molecule has 2 aromatic rings. The predicted octanol–water partition coefficient (Wildman–Crippen LogP) is 3.75. The highest BCUT2D eigenvalue weighted by Gasteiger charge is 2.51. The van der Waals surface area contributed by atoms with Crippen molar-refractivity contribution in [2.24, 2.45) is 0 Å². The normalized spacial score (nSPS) is 17.0. The lowest BCUT2D eigenvalue weighted by Crippen LogP contribution is -2.36. The molecule has 1 aromatic heterocycles. The number of carbonyl (C=O) groups is 1. The number of rotatable bonds is 4. The molecule has 4 heteroatoms. The SMILES string of the molecule is CC(NC(=O)C1(c2ccc(Br)cc2)CC1)c1cccnc1. The summed E-state index contributed by atoms with van der Waals surface area (Å²) in [7, 11) is 0. The van der Waals surface area contributed by atoms with E-state index in [1.165, 1.54) is 0 Å². The zero-order chi connectivity index (χ0) is 14.9. The zero-order valence-electron chi connectivity index (χ0n) is 11.8. The third-order valence-electron chi connectivity index (χ3n) is 4.11. The van der Waals surface area contributed by atoms with Gasteiger partial charge in [-0.05, 0) is 49.1 Å². The molecule has 0 saturated heterocycles. The molecule has 1 aliphatic rings. The Balaban J connectivity index is 1.75. The molecule has 1 amide bonds. The maximum absolute atomic E-state index is 12.7. The first-order chi connectivity index (χ1) is 10.1. The van der Waals surface area contributed by atoms with E-state index in [1.54, 1.807) is 12.4 Å². The van der Waals surface area contributed by atoms with Gasteiger partial charge in [0, 0.05) is 16.9 Å². The number of aromatic nitrogens is 1. The highest BCUT2D eigenvalue weighted by molar-refractivity contribution is 9.10. The van der Waals surface area contributed by atoms with Crippen LogP contribution in [-0.4, -0.2) is 10.9 Å². The lowest BCUT2D eigenvalue weighted by molar-refractivity contribution is -0.124. The summed E-state index contributed by atoms with van der Waals surface area (Å²) < 4.78 is 1.03. The number of hydrogen-bond acceptors (Lipinski definition) is 2. The van der Waals surface area contributed by atoms with E-state index >= 15 is 0 Å². The van der Waals surface area contributed by atoms with Crippen molar-refractivity contribution in [3.05, 3.63) is 64.4 Å². The van der Waals surface area contributed by atoms with Crippen molar-refractivity contribution in [1.82, 2.24) is 10.3 Å². The summed E-state index contributed by atoms with van der Waals surface area (Å²) in [4.78, 5) is 16.8. The highest BCUT2D eigenvalue weighted by atomic mass is 79.9. The Kier molecular flexibility index (Phi) is 3.81.